The lowest BCUT2D eigenvalue weighted by Crippen LogP contribution is -2.30. The Balaban J connectivity index is 2.09. The molecule has 0 aromatic heterocycles. The highest BCUT2D eigenvalue weighted by Gasteiger charge is 2.21. The van der Waals surface area contributed by atoms with Gasteiger partial charge in [-0.25, -0.2) is 0 Å². The van der Waals surface area contributed by atoms with Gasteiger partial charge in [-0.1, -0.05) is 29.8 Å². The maximum Gasteiger partial charge on any atom is 0.219 e. The van der Waals surface area contributed by atoms with Gasteiger partial charge < -0.3 is 4.90 Å². The number of rotatable bonds is 1. The summed E-state index contributed by atoms with van der Waals surface area (Å²) in [5.41, 5.74) is 1.20. The lowest BCUT2D eigenvalue weighted by Gasteiger charge is -2.18. The molecule has 1 aliphatic heterocycles. The highest BCUT2D eigenvalue weighted by atomic mass is 35.5. The molecule has 0 bridgehead atoms. The van der Waals surface area contributed by atoms with Crippen molar-refractivity contribution in [1.82, 2.24) is 4.90 Å². The normalized spacial score (nSPS) is 21.1. The van der Waals surface area contributed by atoms with Crippen LogP contribution in [0.25, 0.3) is 0 Å². The molecule has 1 atom stereocenters. The van der Waals surface area contributed by atoms with E-state index in [2.05, 4.69) is 6.07 Å². The predicted molar refractivity (Wildman–Crippen MR) is 73.5 cm³/mol. The summed E-state index contributed by atoms with van der Waals surface area (Å²) in [7, 11) is 0. The van der Waals surface area contributed by atoms with E-state index in [1.807, 2.05) is 34.9 Å². The molecular formula is C13H16ClNOS. The van der Waals surface area contributed by atoms with Crippen LogP contribution in [0.4, 0.5) is 0 Å². The summed E-state index contributed by atoms with van der Waals surface area (Å²) < 4.78 is 0. The maximum absolute atomic E-state index is 11.4. The Labute approximate surface area is 111 Å². The summed E-state index contributed by atoms with van der Waals surface area (Å²) in [6, 6.07) is 8.00. The fourth-order valence-electron chi connectivity index (χ4n) is 2.07. The van der Waals surface area contributed by atoms with Crippen LogP contribution in [0, 0.1) is 0 Å². The van der Waals surface area contributed by atoms with Gasteiger partial charge in [0.25, 0.3) is 0 Å². The van der Waals surface area contributed by atoms with Crippen molar-refractivity contribution in [2.75, 3.05) is 18.8 Å². The van der Waals surface area contributed by atoms with Crippen molar-refractivity contribution in [3.05, 3.63) is 34.9 Å². The summed E-state index contributed by atoms with van der Waals surface area (Å²) in [5.74, 6) is 1.15. The number of hydrogen-bond donors (Lipinski definition) is 0. The van der Waals surface area contributed by atoms with E-state index >= 15 is 0 Å². The van der Waals surface area contributed by atoms with Crippen molar-refractivity contribution in [1.29, 1.82) is 0 Å². The molecule has 1 heterocycles. The largest absolute Gasteiger partial charge is 0.342 e. The van der Waals surface area contributed by atoms with E-state index in [0.717, 1.165) is 30.3 Å². The van der Waals surface area contributed by atoms with Gasteiger partial charge in [0.05, 0.1) is 0 Å². The average molecular weight is 270 g/mol. The van der Waals surface area contributed by atoms with Gasteiger partial charge in [-0.3, -0.25) is 4.79 Å². The molecule has 0 N–H and O–H groups in total. The van der Waals surface area contributed by atoms with Crippen molar-refractivity contribution < 1.29 is 4.79 Å². The quantitative estimate of drug-likeness (QED) is 0.779. The van der Waals surface area contributed by atoms with Crippen LogP contribution in [0.3, 0.4) is 0 Å². The maximum atomic E-state index is 11.4. The molecule has 1 aliphatic rings. The lowest BCUT2D eigenvalue weighted by molar-refractivity contribution is -0.128. The number of nitrogens with zero attached hydrogens (tertiary/aromatic N) is 1. The van der Waals surface area contributed by atoms with Gasteiger partial charge in [-0.15, -0.1) is 0 Å². The van der Waals surface area contributed by atoms with Crippen LogP contribution >= 0.6 is 23.4 Å². The van der Waals surface area contributed by atoms with Crippen LogP contribution in [0.2, 0.25) is 5.02 Å². The Morgan fingerprint density at radius 1 is 1.41 bits per heavy atom. The second-order valence-electron chi connectivity index (χ2n) is 4.18. The summed E-state index contributed by atoms with van der Waals surface area (Å²) in [5, 5.41) is 1.24. The number of benzene rings is 1. The Kier molecular flexibility index (Phi) is 4.35. The third-order valence-electron chi connectivity index (χ3n) is 3.04. The molecular weight excluding hydrogens is 254 g/mol. The third-order valence-corrected chi connectivity index (χ3v) is 4.69. The van der Waals surface area contributed by atoms with E-state index < -0.39 is 0 Å². The van der Waals surface area contributed by atoms with Crippen LogP contribution in [-0.4, -0.2) is 29.6 Å². The van der Waals surface area contributed by atoms with E-state index in [9.17, 15) is 4.79 Å². The standard InChI is InChI=1S/C13H16ClNOS/c1-10(16)15-7-6-13(17-9-8-15)11-4-2-3-5-12(11)14/h2-5,13H,6-9H2,1H3/t13-/m0/s1. The molecule has 4 heteroatoms. The predicted octanol–water partition coefficient (Wildman–Crippen LogP) is 3.37. The van der Waals surface area contributed by atoms with Crippen LogP contribution in [-0.2, 0) is 4.79 Å². The molecule has 0 radical (unpaired) electrons. The van der Waals surface area contributed by atoms with Gasteiger partial charge in [0.1, 0.15) is 0 Å². The molecule has 2 nitrogen and oxygen atoms in total. The second kappa shape index (κ2) is 5.78. The fourth-order valence-corrected chi connectivity index (χ4v) is 3.67. The minimum Gasteiger partial charge on any atom is -0.342 e. The van der Waals surface area contributed by atoms with Crippen molar-refractivity contribution in [3.8, 4) is 0 Å². The monoisotopic (exact) mass is 269 g/mol. The zero-order valence-corrected chi connectivity index (χ0v) is 11.4. The smallest absolute Gasteiger partial charge is 0.219 e. The van der Waals surface area contributed by atoms with Gasteiger partial charge in [0, 0.05) is 36.0 Å². The van der Waals surface area contributed by atoms with Crippen molar-refractivity contribution in [2.45, 2.75) is 18.6 Å². The lowest BCUT2D eigenvalue weighted by atomic mass is 10.1. The molecule has 0 unspecified atom stereocenters. The fraction of sp³-hybridized carbons (Fsp3) is 0.462. The van der Waals surface area contributed by atoms with Crippen LogP contribution in [0.1, 0.15) is 24.2 Å². The molecule has 1 saturated heterocycles. The Morgan fingerprint density at radius 2 is 2.18 bits per heavy atom. The number of carbonyl (C=O) groups excluding carboxylic acids is 1. The second-order valence-corrected chi connectivity index (χ2v) is 5.89. The van der Waals surface area contributed by atoms with Gasteiger partial charge in [-0.05, 0) is 18.1 Å². The number of carbonyl (C=O) groups is 1. The molecule has 1 amide bonds. The number of hydrogen-bond acceptors (Lipinski definition) is 2. The Bertz CT molecular complexity index is 410. The highest BCUT2D eigenvalue weighted by Crippen LogP contribution is 2.37. The van der Waals surface area contributed by atoms with Crippen molar-refractivity contribution >= 4 is 29.3 Å². The van der Waals surface area contributed by atoms with Crippen LogP contribution in [0.15, 0.2) is 24.3 Å². The van der Waals surface area contributed by atoms with E-state index in [1.165, 1.54) is 5.56 Å². The number of amides is 1. The summed E-state index contributed by atoms with van der Waals surface area (Å²) in [6.07, 6.45) is 0.980. The van der Waals surface area contributed by atoms with Gasteiger partial charge in [0.15, 0.2) is 0 Å². The molecule has 2 rings (SSSR count). The SMILES string of the molecule is CC(=O)N1CCS[C@H](c2ccccc2Cl)CC1. The molecule has 1 fully saturated rings. The first-order valence-electron chi connectivity index (χ1n) is 5.80. The van der Waals surface area contributed by atoms with Crippen molar-refractivity contribution in [3.63, 3.8) is 0 Å². The number of thioether (sulfide) groups is 1. The molecule has 0 saturated carbocycles. The Morgan fingerprint density at radius 3 is 2.88 bits per heavy atom. The zero-order valence-electron chi connectivity index (χ0n) is 9.86. The molecule has 92 valence electrons. The first-order chi connectivity index (χ1) is 8.18. The molecule has 1 aromatic carbocycles. The van der Waals surface area contributed by atoms with E-state index in [0.29, 0.717) is 5.25 Å². The van der Waals surface area contributed by atoms with Crippen molar-refractivity contribution in [2.24, 2.45) is 0 Å². The minimum absolute atomic E-state index is 0.172. The number of halogens is 1. The van der Waals surface area contributed by atoms with E-state index in [1.54, 1.807) is 6.92 Å². The Hall–Kier alpha value is -0.670. The molecule has 1 aromatic rings. The summed E-state index contributed by atoms with van der Waals surface area (Å²) in [6.45, 7) is 3.32. The minimum atomic E-state index is 0.172. The van der Waals surface area contributed by atoms with E-state index in [4.69, 9.17) is 11.6 Å². The molecule has 0 aliphatic carbocycles. The van der Waals surface area contributed by atoms with Crippen LogP contribution in [0.5, 0.6) is 0 Å². The average Bonchev–Trinajstić information content (AvgIpc) is 2.55. The molecule has 0 spiro atoms. The first kappa shape index (κ1) is 12.8. The van der Waals surface area contributed by atoms with Gasteiger partial charge in [0.2, 0.25) is 5.91 Å². The zero-order chi connectivity index (χ0) is 12.3. The molecule has 17 heavy (non-hydrogen) atoms. The van der Waals surface area contributed by atoms with E-state index in [-0.39, 0.29) is 5.91 Å². The van der Waals surface area contributed by atoms with Gasteiger partial charge in [-0.2, -0.15) is 11.8 Å². The third kappa shape index (κ3) is 3.17. The topological polar surface area (TPSA) is 20.3 Å². The summed E-state index contributed by atoms with van der Waals surface area (Å²) in [4.78, 5) is 13.3. The highest BCUT2D eigenvalue weighted by molar-refractivity contribution is 7.99. The van der Waals surface area contributed by atoms with Crippen LogP contribution < -0.4 is 0 Å². The summed E-state index contributed by atoms with van der Waals surface area (Å²) >= 11 is 8.11. The van der Waals surface area contributed by atoms with Gasteiger partial charge >= 0.3 is 0 Å². The first-order valence-corrected chi connectivity index (χ1v) is 7.22.